The molecule has 7 nitrogen and oxygen atoms in total. The molecular weight excluding hydrogens is 538 g/mol. The van der Waals surface area contributed by atoms with E-state index >= 15 is 0 Å². The molecule has 0 aliphatic rings. The van der Waals surface area contributed by atoms with Gasteiger partial charge in [0.05, 0.1) is 17.9 Å². The van der Waals surface area contributed by atoms with Crippen molar-refractivity contribution < 1.29 is 28.0 Å². The topological polar surface area (TPSA) is 124 Å². The van der Waals surface area contributed by atoms with Gasteiger partial charge in [0, 0.05) is 0 Å². The summed E-state index contributed by atoms with van der Waals surface area (Å²) >= 11 is 0. The normalized spacial score (nSPS) is 14.6. The van der Waals surface area contributed by atoms with Gasteiger partial charge in [0.1, 0.15) is 6.10 Å². The standard InChI is InChI=1S/C33H63NO6S/c1-3-5-7-9-11-13-15-16-18-19-21-23-25-27-31(35)30(29-41(38,39)40)34-33(37)32(36)28-26-24-22-20-17-14-12-10-8-6-4-2/h12,14,25,27,30-32,35-36H,3-11,13,15-24,26,28-29H2,1-2H3,(H,34,37)(H,38,39,40)/b14-12-,27-25+. The number of carbonyl (C=O) groups excluding carboxylic acids is 1. The summed E-state index contributed by atoms with van der Waals surface area (Å²) in [5.74, 6) is -1.55. The lowest BCUT2D eigenvalue weighted by molar-refractivity contribution is -0.130. The third kappa shape index (κ3) is 27.4. The van der Waals surface area contributed by atoms with Gasteiger partial charge in [-0.05, 0) is 44.9 Å². The minimum absolute atomic E-state index is 0.266. The van der Waals surface area contributed by atoms with Gasteiger partial charge in [-0.15, -0.1) is 0 Å². The molecule has 0 saturated carbocycles. The molecule has 1 amide bonds. The van der Waals surface area contributed by atoms with Crippen molar-refractivity contribution in [1.82, 2.24) is 5.32 Å². The van der Waals surface area contributed by atoms with E-state index in [1.54, 1.807) is 6.08 Å². The Morgan fingerprint density at radius 2 is 1.07 bits per heavy atom. The van der Waals surface area contributed by atoms with Crippen LogP contribution in [0.2, 0.25) is 0 Å². The fourth-order valence-electron chi connectivity index (χ4n) is 4.86. The zero-order valence-electron chi connectivity index (χ0n) is 26.3. The van der Waals surface area contributed by atoms with Crippen LogP contribution in [0.15, 0.2) is 24.3 Å². The Bertz CT molecular complexity index is 768. The highest BCUT2D eigenvalue weighted by Gasteiger charge is 2.27. The molecule has 41 heavy (non-hydrogen) atoms. The summed E-state index contributed by atoms with van der Waals surface area (Å²) in [6.07, 6.45) is 29.5. The highest BCUT2D eigenvalue weighted by Crippen LogP contribution is 2.13. The number of carbonyl (C=O) groups is 1. The summed E-state index contributed by atoms with van der Waals surface area (Å²) in [5.41, 5.74) is 0. The lowest BCUT2D eigenvalue weighted by Crippen LogP contribution is -2.50. The van der Waals surface area contributed by atoms with E-state index in [0.29, 0.717) is 6.42 Å². The number of allylic oxidation sites excluding steroid dienone is 3. The first kappa shape index (κ1) is 39.8. The molecule has 4 N–H and O–H groups in total. The monoisotopic (exact) mass is 601 g/mol. The van der Waals surface area contributed by atoms with E-state index in [-0.39, 0.29) is 6.42 Å². The van der Waals surface area contributed by atoms with Gasteiger partial charge in [-0.3, -0.25) is 9.35 Å². The molecule has 242 valence electrons. The van der Waals surface area contributed by atoms with E-state index in [0.717, 1.165) is 51.4 Å². The maximum Gasteiger partial charge on any atom is 0.267 e. The Labute approximate surface area is 252 Å². The second-order valence-corrected chi connectivity index (χ2v) is 13.1. The lowest BCUT2D eigenvalue weighted by atomic mass is 10.0. The van der Waals surface area contributed by atoms with Crippen molar-refractivity contribution in [3.05, 3.63) is 24.3 Å². The number of rotatable bonds is 29. The van der Waals surface area contributed by atoms with Crippen molar-refractivity contribution in [3.63, 3.8) is 0 Å². The van der Waals surface area contributed by atoms with E-state index < -0.39 is 40.0 Å². The maximum absolute atomic E-state index is 12.5. The van der Waals surface area contributed by atoms with Crippen LogP contribution in [0.25, 0.3) is 0 Å². The molecule has 0 spiro atoms. The average molecular weight is 602 g/mol. The van der Waals surface area contributed by atoms with Crippen LogP contribution in [0, 0.1) is 0 Å². The van der Waals surface area contributed by atoms with Crippen molar-refractivity contribution in [2.75, 3.05) is 5.75 Å². The predicted molar refractivity (Wildman–Crippen MR) is 172 cm³/mol. The minimum Gasteiger partial charge on any atom is -0.387 e. The van der Waals surface area contributed by atoms with Gasteiger partial charge >= 0.3 is 0 Å². The fraction of sp³-hybridized carbons (Fsp3) is 0.848. The minimum atomic E-state index is -4.43. The first-order valence-corrected chi connectivity index (χ1v) is 18.3. The Balaban J connectivity index is 4.23. The van der Waals surface area contributed by atoms with Gasteiger partial charge in [0.25, 0.3) is 10.1 Å². The van der Waals surface area contributed by atoms with Crippen molar-refractivity contribution >= 4 is 16.0 Å². The van der Waals surface area contributed by atoms with Gasteiger partial charge in [0.15, 0.2) is 0 Å². The van der Waals surface area contributed by atoms with E-state index in [4.69, 9.17) is 0 Å². The summed E-state index contributed by atoms with van der Waals surface area (Å²) in [7, 11) is -4.43. The zero-order chi connectivity index (χ0) is 30.6. The smallest absolute Gasteiger partial charge is 0.267 e. The average Bonchev–Trinajstić information content (AvgIpc) is 2.92. The van der Waals surface area contributed by atoms with Gasteiger partial charge in [0.2, 0.25) is 5.91 Å². The molecule has 0 aromatic rings. The third-order valence-corrected chi connectivity index (χ3v) is 8.26. The SMILES string of the molecule is CCCCC/C=C\CCCCCCC(O)C(=O)NC(CS(=O)(=O)O)C(O)/C=C/CCCCCCCCCCCCC. The number of hydrogen-bond acceptors (Lipinski definition) is 5. The molecular formula is C33H63NO6S. The van der Waals surface area contributed by atoms with Crippen molar-refractivity contribution in [2.24, 2.45) is 0 Å². The molecule has 0 saturated heterocycles. The Morgan fingerprint density at radius 1 is 0.659 bits per heavy atom. The van der Waals surface area contributed by atoms with Crippen molar-refractivity contribution in [1.29, 1.82) is 0 Å². The molecule has 0 radical (unpaired) electrons. The van der Waals surface area contributed by atoms with E-state index in [1.807, 2.05) is 0 Å². The van der Waals surface area contributed by atoms with Crippen LogP contribution in [0.1, 0.15) is 155 Å². The molecule has 0 rings (SSSR count). The summed E-state index contributed by atoms with van der Waals surface area (Å²) in [6, 6.07) is -1.23. The van der Waals surface area contributed by atoms with Crippen LogP contribution in [-0.4, -0.2) is 53.1 Å². The van der Waals surface area contributed by atoms with Crippen LogP contribution in [0.3, 0.4) is 0 Å². The van der Waals surface area contributed by atoms with Crippen LogP contribution in [0.4, 0.5) is 0 Å². The lowest BCUT2D eigenvalue weighted by Gasteiger charge is -2.22. The molecule has 0 fully saturated rings. The van der Waals surface area contributed by atoms with Gasteiger partial charge in [-0.1, -0.05) is 134 Å². The van der Waals surface area contributed by atoms with Crippen molar-refractivity contribution in [2.45, 2.75) is 173 Å². The quantitative estimate of drug-likeness (QED) is 0.0394. The van der Waals surface area contributed by atoms with Gasteiger partial charge in [-0.25, -0.2) is 0 Å². The largest absolute Gasteiger partial charge is 0.387 e. The predicted octanol–water partition coefficient (Wildman–Crippen LogP) is 7.82. The number of hydrogen-bond donors (Lipinski definition) is 4. The molecule has 3 atom stereocenters. The van der Waals surface area contributed by atoms with Crippen LogP contribution in [0.5, 0.6) is 0 Å². The second-order valence-electron chi connectivity index (χ2n) is 11.6. The molecule has 3 unspecified atom stereocenters. The van der Waals surface area contributed by atoms with Crippen LogP contribution in [-0.2, 0) is 14.9 Å². The van der Waals surface area contributed by atoms with E-state index in [2.05, 4.69) is 31.3 Å². The number of amides is 1. The highest BCUT2D eigenvalue weighted by molar-refractivity contribution is 7.85. The molecule has 0 aliphatic heterocycles. The molecule has 0 heterocycles. The number of aliphatic hydroxyl groups is 2. The van der Waals surface area contributed by atoms with Gasteiger partial charge < -0.3 is 15.5 Å². The number of aliphatic hydroxyl groups excluding tert-OH is 2. The van der Waals surface area contributed by atoms with E-state index in [1.165, 1.54) is 83.1 Å². The summed E-state index contributed by atoms with van der Waals surface area (Å²) < 4.78 is 32.3. The zero-order valence-corrected chi connectivity index (χ0v) is 27.1. The molecule has 8 heteroatoms. The molecule has 0 aliphatic carbocycles. The Morgan fingerprint density at radius 3 is 1.59 bits per heavy atom. The second kappa shape index (κ2) is 27.6. The van der Waals surface area contributed by atoms with E-state index in [9.17, 15) is 28.0 Å². The van der Waals surface area contributed by atoms with Crippen LogP contribution < -0.4 is 5.32 Å². The Kier molecular flexibility index (Phi) is 26.8. The number of nitrogens with one attached hydrogen (secondary N) is 1. The summed E-state index contributed by atoms with van der Waals surface area (Å²) in [6.45, 7) is 4.43. The first-order valence-electron chi connectivity index (χ1n) is 16.6. The molecule has 0 aromatic heterocycles. The summed E-state index contributed by atoms with van der Waals surface area (Å²) in [4.78, 5) is 12.5. The van der Waals surface area contributed by atoms with Crippen molar-refractivity contribution in [3.8, 4) is 0 Å². The Hall–Kier alpha value is -1.22. The highest BCUT2D eigenvalue weighted by atomic mass is 32.2. The third-order valence-electron chi connectivity index (χ3n) is 7.48. The maximum atomic E-state index is 12.5. The van der Waals surface area contributed by atoms with Crippen LogP contribution >= 0.6 is 0 Å². The fourth-order valence-corrected chi connectivity index (χ4v) is 5.59. The summed E-state index contributed by atoms with van der Waals surface area (Å²) in [5, 5.41) is 23.2. The van der Waals surface area contributed by atoms with Gasteiger partial charge in [-0.2, -0.15) is 8.42 Å². The first-order chi connectivity index (χ1) is 19.7. The molecule has 0 aromatic carbocycles. The number of unbranched alkanes of at least 4 members (excludes halogenated alkanes) is 18. The molecule has 0 bridgehead atoms.